The van der Waals surface area contributed by atoms with E-state index in [1.54, 1.807) is 6.33 Å². The van der Waals surface area contributed by atoms with Gasteiger partial charge in [0.25, 0.3) is 0 Å². The molecule has 1 saturated carbocycles. The molecule has 1 heterocycles. The predicted molar refractivity (Wildman–Crippen MR) is 93.0 cm³/mol. The highest BCUT2D eigenvalue weighted by atomic mass is 16.5. The predicted octanol–water partition coefficient (Wildman–Crippen LogP) is 0.327. The van der Waals surface area contributed by atoms with Gasteiger partial charge in [0, 0.05) is 25.6 Å². The van der Waals surface area contributed by atoms with Crippen molar-refractivity contribution in [1.29, 1.82) is 0 Å². The lowest BCUT2D eigenvalue weighted by Crippen LogP contribution is -2.43. The Morgan fingerprint density at radius 1 is 1.42 bits per heavy atom. The second-order valence-electron chi connectivity index (χ2n) is 5.91. The topological polar surface area (TPSA) is 96.6 Å². The van der Waals surface area contributed by atoms with Crippen LogP contribution in [0, 0.1) is 0 Å². The number of nitrogens with one attached hydrogen (secondary N) is 2. The van der Waals surface area contributed by atoms with Crippen LogP contribution in [-0.4, -0.2) is 64.8 Å². The number of hydrogen-bond donors (Lipinski definition) is 3. The van der Waals surface area contributed by atoms with Gasteiger partial charge in [-0.15, -0.1) is 10.2 Å². The van der Waals surface area contributed by atoms with Crippen molar-refractivity contribution in [1.82, 2.24) is 25.4 Å². The molecule has 8 nitrogen and oxygen atoms in total. The van der Waals surface area contributed by atoms with E-state index in [1.807, 2.05) is 0 Å². The van der Waals surface area contributed by atoms with Crippen LogP contribution in [0.15, 0.2) is 11.3 Å². The fourth-order valence-electron chi connectivity index (χ4n) is 2.84. The Labute approximate surface area is 143 Å². The quantitative estimate of drug-likeness (QED) is 0.323. The third kappa shape index (κ3) is 6.45. The number of aliphatic imine (C=N–C) groups is 1. The van der Waals surface area contributed by atoms with E-state index in [0.717, 1.165) is 31.3 Å². The van der Waals surface area contributed by atoms with Crippen LogP contribution < -0.4 is 10.6 Å². The molecule has 0 bridgehead atoms. The maximum Gasteiger partial charge on any atom is 0.191 e. The molecule has 136 valence electrons. The van der Waals surface area contributed by atoms with E-state index >= 15 is 0 Å². The first-order valence-corrected chi connectivity index (χ1v) is 8.93. The lowest BCUT2D eigenvalue weighted by Gasteiger charge is -2.17. The van der Waals surface area contributed by atoms with Gasteiger partial charge in [0.05, 0.1) is 26.4 Å². The van der Waals surface area contributed by atoms with Gasteiger partial charge >= 0.3 is 0 Å². The van der Waals surface area contributed by atoms with Crippen LogP contribution in [0.25, 0.3) is 0 Å². The zero-order valence-electron chi connectivity index (χ0n) is 14.6. The van der Waals surface area contributed by atoms with Crippen LogP contribution >= 0.6 is 0 Å². The Morgan fingerprint density at radius 2 is 2.25 bits per heavy atom. The van der Waals surface area contributed by atoms with Crippen LogP contribution in [0.3, 0.4) is 0 Å². The van der Waals surface area contributed by atoms with Gasteiger partial charge in [-0.25, -0.2) is 0 Å². The zero-order valence-corrected chi connectivity index (χ0v) is 14.6. The summed E-state index contributed by atoms with van der Waals surface area (Å²) >= 11 is 0. The minimum Gasteiger partial charge on any atom is -0.394 e. The van der Waals surface area contributed by atoms with Crippen LogP contribution in [0.2, 0.25) is 0 Å². The molecule has 2 rings (SSSR count). The van der Waals surface area contributed by atoms with Crippen molar-refractivity contribution in [3.63, 3.8) is 0 Å². The smallest absolute Gasteiger partial charge is 0.191 e. The van der Waals surface area contributed by atoms with Crippen molar-refractivity contribution in [2.75, 3.05) is 32.9 Å². The van der Waals surface area contributed by atoms with Gasteiger partial charge in [-0.05, 0) is 12.8 Å². The van der Waals surface area contributed by atoms with Gasteiger partial charge in [0.15, 0.2) is 5.96 Å². The molecule has 1 aliphatic rings. The summed E-state index contributed by atoms with van der Waals surface area (Å²) in [6.45, 7) is 5.16. The number of hydrogen-bond acceptors (Lipinski definition) is 5. The minimum absolute atomic E-state index is 0.0495. The largest absolute Gasteiger partial charge is 0.394 e. The highest BCUT2D eigenvalue weighted by Crippen LogP contribution is 2.17. The molecule has 1 aromatic rings. The number of aromatic nitrogens is 3. The van der Waals surface area contributed by atoms with E-state index in [4.69, 9.17) is 9.84 Å². The molecular weight excluding hydrogens is 308 g/mol. The highest BCUT2D eigenvalue weighted by molar-refractivity contribution is 5.80. The molecular formula is C16H30N6O2. The average Bonchev–Trinajstić information content (AvgIpc) is 3.25. The summed E-state index contributed by atoms with van der Waals surface area (Å²) in [6.07, 6.45) is 7.62. The molecule has 1 fully saturated rings. The minimum atomic E-state index is 0.0495. The number of rotatable bonds is 10. The maximum absolute atomic E-state index is 8.72. The molecule has 3 N–H and O–H groups in total. The van der Waals surface area contributed by atoms with E-state index < -0.39 is 0 Å². The van der Waals surface area contributed by atoms with E-state index in [1.165, 1.54) is 25.7 Å². The summed E-state index contributed by atoms with van der Waals surface area (Å²) < 4.78 is 7.32. The first kappa shape index (κ1) is 18.7. The summed E-state index contributed by atoms with van der Waals surface area (Å²) in [6, 6.07) is 0.510. The number of ether oxygens (including phenoxy) is 1. The number of aryl methyl sites for hydroxylation is 1. The van der Waals surface area contributed by atoms with Crippen molar-refractivity contribution < 1.29 is 9.84 Å². The third-order valence-electron chi connectivity index (χ3n) is 4.09. The fraction of sp³-hybridized carbons (Fsp3) is 0.812. The van der Waals surface area contributed by atoms with E-state index in [2.05, 4.69) is 37.3 Å². The molecule has 0 aliphatic heterocycles. The van der Waals surface area contributed by atoms with Gasteiger partial charge < -0.3 is 25.0 Å². The summed E-state index contributed by atoms with van der Waals surface area (Å²) in [5.41, 5.74) is 0. The third-order valence-corrected chi connectivity index (χ3v) is 4.09. The molecule has 8 heteroatoms. The summed E-state index contributed by atoms with van der Waals surface area (Å²) in [7, 11) is 0. The highest BCUT2D eigenvalue weighted by Gasteiger charge is 2.16. The van der Waals surface area contributed by atoms with Crippen molar-refractivity contribution in [3.8, 4) is 0 Å². The molecule has 0 saturated heterocycles. The lowest BCUT2D eigenvalue weighted by molar-refractivity contribution is 0.0977. The van der Waals surface area contributed by atoms with Gasteiger partial charge in [0.1, 0.15) is 12.2 Å². The zero-order chi connectivity index (χ0) is 17.0. The Balaban J connectivity index is 1.78. The molecule has 0 radical (unpaired) electrons. The standard InChI is InChI=1S/C16H30N6O2/c1-2-15-21-19-13-22(15)9-7-17-16(18-8-11-24-12-10-23)20-14-5-3-4-6-14/h13-14,23H,2-12H2,1H3,(H2,17,18,20). The molecule has 1 aliphatic carbocycles. The second kappa shape index (κ2) is 11.0. The number of aliphatic hydroxyl groups is 1. The Bertz CT molecular complexity index is 485. The van der Waals surface area contributed by atoms with Crippen LogP contribution in [0.4, 0.5) is 0 Å². The normalized spacial score (nSPS) is 15.8. The number of aliphatic hydroxyl groups excluding tert-OH is 1. The Kier molecular flexibility index (Phi) is 8.54. The Hall–Kier alpha value is -1.67. The lowest BCUT2D eigenvalue weighted by atomic mass is 10.2. The Morgan fingerprint density at radius 3 is 3.00 bits per heavy atom. The SMILES string of the molecule is CCc1nncn1CCNC(=NCCOCCO)NC1CCCC1. The van der Waals surface area contributed by atoms with Crippen molar-refractivity contribution in [2.45, 2.75) is 51.6 Å². The van der Waals surface area contributed by atoms with Gasteiger partial charge in [0.2, 0.25) is 0 Å². The van der Waals surface area contributed by atoms with Crippen LogP contribution in [0.1, 0.15) is 38.4 Å². The number of guanidine groups is 1. The summed E-state index contributed by atoms with van der Waals surface area (Å²) in [4.78, 5) is 4.57. The molecule has 0 amide bonds. The van der Waals surface area contributed by atoms with Gasteiger partial charge in [-0.1, -0.05) is 19.8 Å². The second-order valence-corrected chi connectivity index (χ2v) is 5.91. The molecule has 1 aromatic heterocycles. The van der Waals surface area contributed by atoms with Crippen LogP contribution in [-0.2, 0) is 17.7 Å². The van der Waals surface area contributed by atoms with Crippen LogP contribution in [0.5, 0.6) is 0 Å². The first-order valence-electron chi connectivity index (χ1n) is 8.93. The number of nitrogens with zero attached hydrogens (tertiary/aromatic N) is 4. The fourth-order valence-corrected chi connectivity index (χ4v) is 2.84. The monoisotopic (exact) mass is 338 g/mol. The van der Waals surface area contributed by atoms with Crippen molar-refractivity contribution >= 4 is 5.96 Å². The van der Waals surface area contributed by atoms with E-state index in [0.29, 0.717) is 25.8 Å². The molecule has 0 unspecified atom stereocenters. The van der Waals surface area contributed by atoms with E-state index in [9.17, 15) is 0 Å². The van der Waals surface area contributed by atoms with Gasteiger partial charge in [-0.3, -0.25) is 4.99 Å². The van der Waals surface area contributed by atoms with Crippen molar-refractivity contribution in [3.05, 3.63) is 12.2 Å². The summed E-state index contributed by atoms with van der Waals surface area (Å²) in [5.74, 6) is 1.83. The first-order chi connectivity index (χ1) is 11.8. The molecule has 0 aromatic carbocycles. The van der Waals surface area contributed by atoms with Crippen molar-refractivity contribution in [2.24, 2.45) is 4.99 Å². The summed E-state index contributed by atoms with van der Waals surface area (Å²) in [5, 5.41) is 23.7. The molecule has 0 spiro atoms. The van der Waals surface area contributed by atoms with E-state index in [-0.39, 0.29) is 6.61 Å². The van der Waals surface area contributed by atoms with Gasteiger partial charge in [-0.2, -0.15) is 0 Å². The average molecular weight is 338 g/mol. The maximum atomic E-state index is 8.72. The molecule has 24 heavy (non-hydrogen) atoms. The molecule has 0 atom stereocenters.